The second-order valence-electron chi connectivity index (χ2n) is 6.97. The van der Waals surface area contributed by atoms with Crippen LogP contribution < -0.4 is 0 Å². The van der Waals surface area contributed by atoms with Gasteiger partial charge in [0.2, 0.25) is 0 Å². The number of carbonyl (C=O) groups excluding carboxylic acids is 1. The number of benzene rings is 2. The summed E-state index contributed by atoms with van der Waals surface area (Å²) in [6.07, 6.45) is 0.0452. The van der Waals surface area contributed by atoms with Crippen LogP contribution in [0.25, 0.3) is 11.1 Å². The van der Waals surface area contributed by atoms with Crippen molar-refractivity contribution in [2.24, 2.45) is 5.92 Å². The number of hydrogen-bond donors (Lipinski definition) is 1. The third kappa shape index (κ3) is 2.64. The minimum absolute atomic E-state index is 0.0135. The number of carboxylic acids is 1. The summed E-state index contributed by atoms with van der Waals surface area (Å²) in [5.41, 5.74) is 4.70. The maximum absolute atomic E-state index is 12.5. The molecule has 26 heavy (non-hydrogen) atoms. The van der Waals surface area contributed by atoms with Crippen LogP contribution in [0.3, 0.4) is 0 Å². The van der Waals surface area contributed by atoms with E-state index >= 15 is 0 Å². The van der Waals surface area contributed by atoms with Gasteiger partial charge >= 0.3 is 12.1 Å². The highest BCUT2D eigenvalue weighted by molar-refractivity contribution is 5.79. The Balaban J connectivity index is 1.50. The van der Waals surface area contributed by atoms with Crippen molar-refractivity contribution in [1.29, 1.82) is 0 Å². The molecule has 1 N–H and O–H groups in total. The Morgan fingerprint density at radius 2 is 1.65 bits per heavy atom. The molecule has 2 aliphatic rings. The topological polar surface area (TPSA) is 66.8 Å². The lowest BCUT2D eigenvalue weighted by molar-refractivity contribution is -0.142. The van der Waals surface area contributed by atoms with E-state index in [1.54, 1.807) is 6.92 Å². The predicted octanol–water partition coefficient (Wildman–Crippen LogP) is 3.73. The van der Waals surface area contributed by atoms with E-state index in [-0.39, 0.29) is 18.6 Å². The first kappa shape index (κ1) is 16.6. The Labute approximate surface area is 152 Å². The highest BCUT2D eigenvalue weighted by Gasteiger charge is 2.39. The van der Waals surface area contributed by atoms with Crippen LogP contribution in [0.5, 0.6) is 0 Å². The second kappa shape index (κ2) is 6.48. The number of carbonyl (C=O) groups is 2. The molecule has 1 fully saturated rings. The van der Waals surface area contributed by atoms with Crippen molar-refractivity contribution < 1.29 is 19.4 Å². The Kier molecular flexibility index (Phi) is 4.15. The number of hydrogen-bond acceptors (Lipinski definition) is 3. The standard InChI is InChI=1S/C21H21NO4/c1-13-14(20(23)24)10-11-22(13)21(25)26-12-19-17-8-4-2-6-15(17)16-7-3-5-9-18(16)19/h2-9,13-14,19H,10-12H2,1H3,(H,23,24). The van der Waals surface area contributed by atoms with Crippen LogP contribution in [-0.2, 0) is 9.53 Å². The normalized spacial score (nSPS) is 21.3. The fraction of sp³-hybridized carbons (Fsp3) is 0.333. The van der Waals surface area contributed by atoms with Crippen LogP contribution in [0.1, 0.15) is 30.4 Å². The number of ether oxygens (including phenoxy) is 1. The molecule has 2 aromatic carbocycles. The molecule has 2 aromatic rings. The van der Waals surface area contributed by atoms with E-state index in [1.807, 2.05) is 24.3 Å². The van der Waals surface area contributed by atoms with Crippen molar-refractivity contribution in [3.8, 4) is 11.1 Å². The lowest BCUT2D eigenvalue weighted by Gasteiger charge is -2.24. The minimum atomic E-state index is -0.855. The number of nitrogens with zero attached hydrogens (tertiary/aromatic N) is 1. The highest BCUT2D eigenvalue weighted by atomic mass is 16.6. The van der Waals surface area contributed by atoms with Gasteiger partial charge in [0.05, 0.1) is 5.92 Å². The Hall–Kier alpha value is -2.82. The van der Waals surface area contributed by atoms with Crippen LogP contribution in [-0.4, -0.2) is 41.3 Å². The Bertz CT molecular complexity index is 817. The van der Waals surface area contributed by atoms with Gasteiger partial charge in [0.25, 0.3) is 0 Å². The summed E-state index contributed by atoms with van der Waals surface area (Å²) >= 11 is 0. The summed E-state index contributed by atoms with van der Waals surface area (Å²) in [5.74, 6) is -1.36. The quantitative estimate of drug-likeness (QED) is 0.915. The van der Waals surface area contributed by atoms with E-state index in [0.29, 0.717) is 13.0 Å². The van der Waals surface area contributed by atoms with Gasteiger partial charge in [0, 0.05) is 18.5 Å². The predicted molar refractivity (Wildman–Crippen MR) is 97.0 cm³/mol. The van der Waals surface area contributed by atoms with E-state index in [1.165, 1.54) is 27.2 Å². The molecule has 4 rings (SSSR count). The molecule has 1 aliphatic heterocycles. The molecular weight excluding hydrogens is 330 g/mol. The molecule has 0 radical (unpaired) electrons. The maximum Gasteiger partial charge on any atom is 0.410 e. The maximum atomic E-state index is 12.5. The fourth-order valence-corrected chi connectivity index (χ4v) is 4.20. The summed E-state index contributed by atoms with van der Waals surface area (Å²) in [6.45, 7) is 2.45. The van der Waals surface area contributed by atoms with Crippen molar-refractivity contribution in [1.82, 2.24) is 4.90 Å². The van der Waals surface area contributed by atoms with Gasteiger partial charge in [0.1, 0.15) is 6.61 Å². The lowest BCUT2D eigenvalue weighted by atomic mass is 9.98. The number of carboxylic acid groups (broad SMARTS) is 1. The summed E-state index contributed by atoms with van der Waals surface area (Å²) in [5, 5.41) is 9.23. The molecule has 1 amide bonds. The summed E-state index contributed by atoms with van der Waals surface area (Å²) < 4.78 is 5.62. The van der Waals surface area contributed by atoms with E-state index in [0.717, 1.165) is 0 Å². The molecule has 2 unspecified atom stereocenters. The molecule has 0 aromatic heterocycles. The molecular formula is C21H21NO4. The van der Waals surface area contributed by atoms with Gasteiger partial charge in [-0.05, 0) is 35.6 Å². The number of likely N-dealkylation sites (tertiary alicyclic amines) is 1. The molecule has 0 spiro atoms. The lowest BCUT2D eigenvalue weighted by Crippen LogP contribution is -2.38. The first-order valence-electron chi connectivity index (χ1n) is 8.92. The summed E-state index contributed by atoms with van der Waals surface area (Å²) in [4.78, 5) is 25.3. The van der Waals surface area contributed by atoms with E-state index in [4.69, 9.17) is 4.74 Å². The van der Waals surface area contributed by atoms with Crippen LogP contribution in [0.15, 0.2) is 48.5 Å². The number of fused-ring (bicyclic) bond motifs is 3. The monoisotopic (exact) mass is 351 g/mol. The molecule has 1 saturated heterocycles. The molecule has 5 heteroatoms. The SMILES string of the molecule is CC1C(C(=O)O)CCN1C(=O)OCC1c2ccccc2-c2ccccc21. The molecule has 1 aliphatic carbocycles. The minimum Gasteiger partial charge on any atom is -0.481 e. The summed E-state index contributed by atoms with van der Waals surface area (Å²) in [6, 6.07) is 16.0. The van der Waals surface area contributed by atoms with Crippen LogP contribution >= 0.6 is 0 Å². The third-order valence-electron chi connectivity index (χ3n) is 5.64. The molecule has 134 valence electrons. The third-order valence-corrected chi connectivity index (χ3v) is 5.64. The van der Waals surface area contributed by atoms with Crippen molar-refractivity contribution in [2.45, 2.75) is 25.3 Å². The molecule has 2 atom stereocenters. The average Bonchev–Trinajstić information content (AvgIpc) is 3.18. The van der Waals surface area contributed by atoms with Gasteiger partial charge in [-0.2, -0.15) is 0 Å². The van der Waals surface area contributed by atoms with Crippen LogP contribution in [0.4, 0.5) is 4.79 Å². The second-order valence-corrected chi connectivity index (χ2v) is 6.97. The molecule has 0 saturated carbocycles. The first-order valence-corrected chi connectivity index (χ1v) is 8.92. The van der Waals surface area contributed by atoms with E-state index in [2.05, 4.69) is 24.3 Å². The van der Waals surface area contributed by atoms with Crippen molar-refractivity contribution in [3.05, 3.63) is 59.7 Å². The van der Waals surface area contributed by atoms with Crippen LogP contribution in [0.2, 0.25) is 0 Å². The van der Waals surface area contributed by atoms with Gasteiger partial charge in [-0.1, -0.05) is 48.5 Å². The first-order chi connectivity index (χ1) is 12.6. The zero-order valence-electron chi connectivity index (χ0n) is 14.6. The van der Waals surface area contributed by atoms with E-state index in [9.17, 15) is 14.7 Å². The Morgan fingerprint density at radius 1 is 1.08 bits per heavy atom. The van der Waals surface area contributed by atoms with Crippen LogP contribution in [0, 0.1) is 5.92 Å². The van der Waals surface area contributed by atoms with Crippen molar-refractivity contribution in [2.75, 3.05) is 13.2 Å². The van der Waals surface area contributed by atoms with Crippen molar-refractivity contribution >= 4 is 12.1 Å². The summed E-state index contributed by atoms with van der Waals surface area (Å²) in [7, 11) is 0. The van der Waals surface area contributed by atoms with Gasteiger partial charge in [-0.25, -0.2) is 4.79 Å². The number of aliphatic carboxylic acids is 1. The highest BCUT2D eigenvalue weighted by Crippen LogP contribution is 2.44. The molecule has 5 nitrogen and oxygen atoms in total. The zero-order valence-corrected chi connectivity index (χ0v) is 14.6. The fourth-order valence-electron chi connectivity index (χ4n) is 4.20. The van der Waals surface area contributed by atoms with E-state index < -0.39 is 18.0 Å². The van der Waals surface area contributed by atoms with Crippen molar-refractivity contribution in [3.63, 3.8) is 0 Å². The smallest absolute Gasteiger partial charge is 0.410 e. The Morgan fingerprint density at radius 3 is 2.19 bits per heavy atom. The van der Waals surface area contributed by atoms with Gasteiger partial charge < -0.3 is 14.7 Å². The van der Waals surface area contributed by atoms with Gasteiger partial charge in [-0.15, -0.1) is 0 Å². The largest absolute Gasteiger partial charge is 0.481 e. The average molecular weight is 351 g/mol. The molecule has 1 heterocycles. The number of rotatable bonds is 3. The molecule has 0 bridgehead atoms. The number of amides is 1. The zero-order chi connectivity index (χ0) is 18.3. The van der Waals surface area contributed by atoms with Gasteiger partial charge in [-0.3, -0.25) is 4.79 Å². The van der Waals surface area contributed by atoms with Gasteiger partial charge in [0.15, 0.2) is 0 Å².